The van der Waals surface area contributed by atoms with Gasteiger partial charge in [0, 0.05) is 0 Å². The summed E-state index contributed by atoms with van der Waals surface area (Å²) in [5.74, 6) is -0.307. The zero-order valence-electron chi connectivity index (χ0n) is 6.10. The van der Waals surface area contributed by atoms with Crippen molar-refractivity contribution < 1.29 is 4.79 Å². The third-order valence-electron chi connectivity index (χ3n) is 1.06. The van der Waals surface area contributed by atoms with Crippen LogP contribution in [0.1, 0.15) is 12.8 Å². The number of primary amides is 1. The van der Waals surface area contributed by atoms with Gasteiger partial charge in [-0.1, -0.05) is 6.08 Å². The predicted octanol–water partition coefficient (Wildman–Crippen LogP) is 0.0275. The zero-order valence-corrected chi connectivity index (χ0v) is 6.10. The van der Waals surface area contributed by atoms with Gasteiger partial charge in [0.15, 0.2) is 0 Å². The number of carbonyl (C=O) groups excluding carboxylic acids is 1. The largest absolute Gasteiger partial charge is 0.369 e. The first kappa shape index (κ1) is 9.17. The fourth-order valence-electron chi connectivity index (χ4n) is 0.583. The molecule has 0 unspecified atom stereocenters. The first-order valence-corrected chi connectivity index (χ1v) is 3.37. The Labute approximate surface area is 61.3 Å². The van der Waals surface area contributed by atoms with E-state index in [-0.39, 0.29) is 12.5 Å². The third kappa shape index (κ3) is 7.17. The van der Waals surface area contributed by atoms with Gasteiger partial charge in [0.05, 0.1) is 6.54 Å². The van der Waals surface area contributed by atoms with Gasteiger partial charge in [0.25, 0.3) is 0 Å². The molecule has 0 bridgehead atoms. The number of rotatable bonds is 6. The number of amides is 1. The average Bonchev–Trinajstić information content (AvgIpc) is 1.87. The highest BCUT2D eigenvalue weighted by Gasteiger charge is 1.90. The van der Waals surface area contributed by atoms with Crippen LogP contribution in [-0.2, 0) is 4.79 Å². The van der Waals surface area contributed by atoms with E-state index in [0.717, 1.165) is 19.4 Å². The molecule has 0 aliphatic heterocycles. The van der Waals surface area contributed by atoms with Crippen molar-refractivity contribution in [3.05, 3.63) is 12.7 Å². The van der Waals surface area contributed by atoms with E-state index in [1.165, 1.54) is 0 Å². The molecule has 0 heterocycles. The Bertz CT molecular complexity index is 112. The van der Waals surface area contributed by atoms with Crippen molar-refractivity contribution in [3.63, 3.8) is 0 Å². The van der Waals surface area contributed by atoms with Gasteiger partial charge < -0.3 is 11.1 Å². The van der Waals surface area contributed by atoms with Crippen LogP contribution in [0.25, 0.3) is 0 Å². The Kier molecular flexibility index (Phi) is 5.77. The van der Waals surface area contributed by atoms with Crippen LogP contribution >= 0.6 is 0 Å². The molecule has 0 rings (SSSR count). The summed E-state index contributed by atoms with van der Waals surface area (Å²) in [6.45, 7) is 4.68. The Morgan fingerprint density at radius 3 is 2.90 bits per heavy atom. The summed E-state index contributed by atoms with van der Waals surface area (Å²) in [7, 11) is 0. The van der Waals surface area contributed by atoms with Crippen molar-refractivity contribution in [2.24, 2.45) is 5.73 Å². The second-order valence-corrected chi connectivity index (χ2v) is 2.07. The highest BCUT2D eigenvalue weighted by atomic mass is 16.1. The molecule has 3 N–H and O–H groups in total. The standard InChI is InChI=1S/C7H14N2O/c1-2-3-4-5-9-6-7(8)10/h2,9H,1,3-6H2,(H2,8,10). The summed E-state index contributed by atoms with van der Waals surface area (Å²) in [6, 6.07) is 0. The molecule has 1 amide bonds. The van der Waals surface area contributed by atoms with Crippen molar-refractivity contribution in [1.29, 1.82) is 0 Å². The maximum atomic E-state index is 10.2. The van der Waals surface area contributed by atoms with Crippen LogP contribution in [-0.4, -0.2) is 19.0 Å². The van der Waals surface area contributed by atoms with E-state index in [9.17, 15) is 4.79 Å². The van der Waals surface area contributed by atoms with E-state index >= 15 is 0 Å². The molecule has 10 heavy (non-hydrogen) atoms. The van der Waals surface area contributed by atoms with Crippen molar-refractivity contribution in [2.45, 2.75) is 12.8 Å². The van der Waals surface area contributed by atoms with Gasteiger partial charge in [0.2, 0.25) is 5.91 Å². The molecule has 0 atom stereocenters. The topological polar surface area (TPSA) is 55.1 Å². The number of unbranched alkanes of at least 4 members (excludes halogenated alkanes) is 1. The van der Waals surface area contributed by atoms with Gasteiger partial charge in [-0.25, -0.2) is 0 Å². The summed E-state index contributed by atoms with van der Waals surface area (Å²) in [4.78, 5) is 10.2. The van der Waals surface area contributed by atoms with Crippen LogP contribution in [0.2, 0.25) is 0 Å². The molecule has 0 fully saturated rings. The Morgan fingerprint density at radius 2 is 2.40 bits per heavy atom. The smallest absolute Gasteiger partial charge is 0.231 e. The molecular formula is C7H14N2O. The highest BCUT2D eigenvalue weighted by Crippen LogP contribution is 1.84. The number of allylic oxidation sites excluding steroid dienone is 1. The molecule has 3 nitrogen and oxygen atoms in total. The minimum absolute atomic E-state index is 0.275. The van der Waals surface area contributed by atoms with Crippen molar-refractivity contribution in [3.8, 4) is 0 Å². The van der Waals surface area contributed by atoms with E-state index in [2.05, 4.69) is 11.9 Å². The maximum Gasteiger partial charge on any atom is 0.231 e. The van der Waals surface area contributed by atoms with E-state index in [4.69, 9.17) is 5.73 Å². The number of carbonyl (C=O) groups is 1. The Morgan fingerprint density at radius 1 is 1.70 bits per heavy atom. The molecule has 0 aromatic rings. The molecule has 0 aromatic heterocycles. The SMILES string of the molecule is C=CCCCNCC(N)=O. The van der Waals surface area contributed by atoms with Crippen LogP contribution in [0.3, 0.4) is 0 Å². The third-order valence-corrected chi connectivity index (χ3v) is 1.06. The minimum Gasteiger partial charge on any atom is -0.369 e. The first-order chi connectivity index (χ1) is 4.77. The quantitative estimate of drug-likeness (QED) is 0.406. The van der Waals surface area contributed by atoms with Gasteiger partial charge in [-0.2, -0.15) is 0 Å². The summed E-state index contributed by atoms with van der Waals surface area (Å²) in [6.07, 6.45) is 3.84. The second-order valence-electron chi connectivity index (χ2n) is 2.07. The average molecular weight is 142 g/mol. The van der Waals surface area contributed by atoms with Crippen LogP contribution in [0.4, 0.5) is 0 Å². The molecule has 58 valence electrons. The predicted molar refractivity (Wildman–Crippen MR) is 41.5 cm³/mol. The molecule has 0 saturated heterocycles. The van der Waals surface area contributed by atoms with Crippen LogP contribution in [0.5, 0.6) is 0 Å². The fraction of sp³-hybridized carbons (Fsp3) is 0.571. The molecule has 0 radical (unpaired) electrons. The van der Waals surface area contributed by atoms with E-state index < -0.39 is 0 Å². The fourth-order valence-corrected chi connectivity index (χ4v) is 0.583. The molecule has 0 aromatic carbocycles. The maximum absolute atomic E-state index is 10.2. The van der Waals surface area contributed by atoms with Gasteiger partial charge >= 0.3 is 0 Å². The molecule has 0 saturated carbocycles. The second kappa shape index (κ2) is 6.29. The van der Waals surface area contributed by atoms with Crippen LogP contribution in [0, 0.1) is 0 Å². The first-order valence-electron chi connectivity index (χ1n) is 3.37. The summed E-state index contributed by atoms with van der Waals surface area (Å²) >= 11 is 0. The van der Waals surface area contributed by atoms with Gasteiger partial charge in [-0.15, -0.1) is 6.58 Å². The zero-order chi connectivity index (χ0) is 7.82. The van der Waals surface area contributed by atoms with Crippen molar-refractivity contribution in [1.82, 2.24) is 5.32 Å². The van der Waals surface area contributed by atoms with Crippen molar-refractivity contribution >= 4 is 5.91 Å². The molecule has 0 aliphatic carbocycles. The summed E-state index contributed by atoms with van der Waals surface area (Å²) in [5, 5.41) is 2.90. The number of nitrogens with two attached hydrogens (primary N) is 1. The molecule has 0 aliphatic rings. The number of nitrogens with one attached hydrogen (secondary N) is 1. The van der Waals surface area contributed by atoms with E-state index in [1.807, 2.05) is 6.08 Å². The minimum atomic E-state index is -0.307. The van der Waals surface area contributed by atoms with Gasteiger partial charge in [0.1, 0.15) is 0 Å². The van der Waals surface area contributed by atoms with Crippen LogP contribution < -0.4 is 11.1 Å². The molecular weight excluding hydrogens is 128 g/mol. The summed E-state index contributed by atoms with van der Waals surface area (Å²) in [5.41, 5.74) is 4.89. The molecule has 3 heteroatoms. The molecule has 0 spiro atoms. The Balaban J connectivity index is 2.90. The summed E-state index contributed by atoms with van der Waals surface area (Å²) < 4.78 is 0. The number of hydrogen-bond acceptors (Lipinski definition) is 2. The number of hydrogen-bond donors (Lipinski definition) is 2. The van der Waals surface area contributed by atoms with Gasteiger partial charge in [-0.3, -0.25) is 4.79 Å². The van der Waals surface area contributed by atoms with Gasteiger partial charge in [-0.05, 0) is 19.4 Å². The Hall–Kier alpha value is -0.830. The monoisotopic (exact) mass is 142 g/mol. The van der Waals surface area contributed by atoms with Crippen LogP contribution in [0.15, 0.2) is 12.7 Å². The van der Waals surface area contributed by atoms with E-state index in [1.54, 1.807) is 0 Å². The lowest BCUT2D eigenvalue weighted by Crippen LogP contribution is -2.29. The van der Waals surface area contributed by atoms with E-state index in [0.29, 0.717) is 0 Å². The lowest BCUT2D eigenvalue weighted by molar-refractivity contribution is -0.117. The van der Waals surface area contributed by atoms with Crippen molar-refractivity contribution in [2.75, 3.05) is 13.1 Å². The lowest BCUT2D eigenvalue weighted by Gasteiger charge is -1.98. The normalized spacial score (nSPS) is 9.20. The highest BCUT2D eigenvalue weighted by molar-refractivity contribution is 5.75. The lowest BCUT2D eigenvalue weighted by atomic mass is 10.3.